The zero-order chi connectivity index (χ0) is 17.1. The van der Waals surface area contributed by atoms with Crippen LogP contribution in [-0.2, 0) is 6.54 Å². The minimum Gasteiger partial charge on any atom is -0.496 e. The highest BCUT2D eigenvalue weighted by atomic mass is 35.5. The number of hydrogen-bond acceptors (Lipinski definition) is 4. The summed E-state index contributed by atoms with van der Waals surface area (Å²) >= 11 is 5.98. The number of H-pyrrole nitrogens is 1. The molecule has 6 nitrogen and oxygen atoms in total. The Balaban J connectivity index is 1.70. The lowest BCUT2D eigenvalue weighted by molar-refractivity contribution is 0.0945. The van der Waals surface area contributed by atoms with E-state index in [0.29, 0.717) is 22.2 Å². The Morgan fingerprint density at radius 3 is 2.88 bits per heavy atom. The molecule has 0 radical (unpaired) electrons. The molecule has 3 aromatic rings. The van der Waals surface area contributed by atoms with E-state index in [9.17, 15) is 4.79 Å². The predicted molar refractivity (Wildman–Crippen MR) is 90.2 cm³/mol. The summed E-state index contributed by atoms with van der Waals surface area (Å²) in [7, 11) is 1.57. The SMILES string of the molecule is COc1ccc(Cl)cc1CNC(=O)c1cc(-c2ccc(C)o2)[nH]n1. The van der Waals surface area contributed by atoms with Gasteiger partial charge >= 0.3 is 0 Å². The number of furan rings is 1. The number of rotatable bonds is 5. The van der Waals surface area contributed by atoms with Gasteiger partial charge in [-0.15, -0.1) is 0 Å². The monoisotopic (exact) mass is 345 g/mol. The molecule has 0 spiro atoms. The molecule has 0 aliphatic carbocycles. The van der Waals surface area contributed by atoms with Crippen molar-refractivity contribution >= 4 is 17.5 Å². The second kappa shape index (κ2) is 6.80. The van der Waals surface area contributed by atoms with Crippen LogP contribution in [0.15, 0.2) is 40.8 Å². The fraction of sp³-hybridized carbons (Fsp3) is 0.176. The van der Waals surface area contributed by atoms with E-state index >= 15 is 0 Å². The summed E-state index contributed by atoms with van der Waals surface area (Å²) in [5, 5.41) is 10.2. The summed E-state index contributed by atoms with van der Waals surface area (Å²) in [6, 6.07) is 10.6. The number of methoxy groups -OCH3 is 1. The molecule has 2 heterocycles. The number of aryl methyl sites for hydroxylation is 1. The number of halogens is 1. The number of amides is 1. The van der Waals surface area contributed by atoms with Crippen molar-refractivity contribution in [2.45, 2.75) is 13.5 Å². The Morgan fingerprint density at radius 1 is 1.33 bits per heavy atom. The Morgan fingerprint density at radius 2 is 2.17 bits per heavy atom. The van der Waals surface area contributed by atoms with Crippen LogP contribution in [-0.4, -0.2) is 23.2 Å². The van der Waals surface area contributed by atoms with Crippen LogP contribution in [0.3, 0.4) is 0 Å². The molecular weight excluding hydrogens is 330 g/mol. The molecule has 7 heteroatoms. The summed E-state index contributed by atoms with van der Waals surface area (Å²) in [5.41, 5.74) is 1.71. The number of carbonyl (C=O) groups is 1. The summed E-state index contributed by atoms with van der Waals surface area (Å²) in [6.45, 7) is 2.14. The molecule has 0 unspecified atom stereocenters. The van der Waals surface area contributed by atoms with Crippen molar-refractivity contribution in [3.8, 4) is 17.2 Å². The van der Waals surface area contributed by atoms with Gasteiger partial charge in [0.1, 0.15) is 17.2 Å². The topological polar surface area (TPSA) is 80.1 Å². The molecule has 0 bridgehead atoms. The van der Waals surface area contributed by atoms with Gasteiger partial charge in [-0.25, -0.2) is 0 Å². The molecule has 2 aromatic heterocycles. The standard InChI is InChI=1S/C17H16ClN3O3/c1-10-3-5-16(24-10)13-8-14(21-20-13)17(22)19-9-11-7-12(18)4-6-15(11)23-2/h3-8H,9H2,1-2H3,(H,19,22)(H,20,21). The largest absolute Gasteiger partial charge is 0.496 e. The molecule has 0 fully saturated rings. The highest BCUT2D eigenvalue weighted by Gasteiger charge is 2.14. The van der Waals surface area contributed by atoms with Gasteiger partial charge in [0.2, 0.25) is 0 Å². The molecule has 0 saturated heterocycles. The van der Waals surface area contributed by atoms with Gasteiger partial charge in [-0.2, -0.15) is 5.10 Å². The number of nitrogens with zero attached hydrogens (tertiary/aromatic N) is 1. The van der Waals surface area contributed by atoms with E-state index in [1.807, 2.05) is 19.1 Å². The lowest BCUT2D eigenvalue weighted by Gasteiger charge is -2.09. The quantitative estimate of drug-likeness (QED) is 0.740. The normalized spacial score (nSPS) is 10.6. The van der Waals surface area contributed by atoms with Gasteiger partial charge in [0, 0.05) is 23.2 Å². The molecule has 0 atom stereocenters. The lowest BCUT2D eigenvalue weighted by atomic mass is 10.2. The molecule has 0 aliphatic heterocycles. The maximum atomic E-state index is 12.3. The van der Waals surface area contributed by atoms with E-state index in [2.05, 4.69) is 15.5 Å². The van der Waals surface area contributed by atoms with E-state index < -0.39 is 0 Å². The third-order valence-corrected chi connectivity index (χ3v) is 3.73. The lowest BCUT2D eigenvalue weighted by Crippen LogP contribution is -2.23. The van der Waals surface area contributed by atoms with Crippen molar-refractivity contribution in [3.05, 3.63) is 58.4 Å². The number of ether oxygens (including phenoxy) is 1. The smallest absolute Gasteiger partial charge is 0.272 e. The first-order valence-electron chi connectivity index (χ1n) is 7.29. The van der Waals surface area contributed by atoms with Crippen LogP contribution in [0.25, 0.3) is 11.5 Å². The fourth-order valence-corrected chi connectivity index (χ4v) is 2.49. The summed E-state index contributed by atoms with van der Waals surface area (Å²) in [4.78, 5) is 12.3. The first-order chi connectivity index (χ1) is 11.6. The van der Waals surface area contributed by atoms with Crippen molar-refractivity contribution in [2.24, 2.45) is 0 Å². The average molecular weight is 346 g/mol. The molecular formula is C17H16ClN3O3. The van der Waals surface area contributed by atoms with E-state index in [1.54, 1.807) is 31.4 Å². The number of carbonyl (C=O) groups excluding carboxylic acids is 1. The zero-order valence-electron chi connectivity index (χ0n) is 13.2. The van der Waals surface area contributed by atoms with Crippen LogP contribution in [0.2, 0.25) is 5.02 Å². The average Bonchev–Trinajstić information content (AvgIpc) is 3.21. The summed E-state index contributed by atoms with van der Waals surface area (Å²) in [6.07, 6.45) is 0. The number of aromatic nitrogens is 2. The maximum absolute atomic E-state index is 12.3. The molecule has 0 aliphatic rings. The second-order valence-corrected chi connectivity index (χ2v) is 5.65. The van der Waals surface area contributed by atoms with Crippen molar-refractivity contribution < 1.29 is 13.9 Å². The molecule has 24 heavy (non-hydrogen) atoms. The number of nitrogens with one attached hydrogen (secondary N) is 2. The van der Waals surface area contributed by atoms with Crippen molar-refractivity contribution in [1.29, 1.82) is 0 Å². The Labute approximate surface area is 143 Å². The highest BCUT2D eigenvalue weighted by Crippen LogP contribution is 2.23. The second-order valence-electron chi connectivity index (χ2n) is 5.22. The molecule has 2 N–H and O–H groups in total. The van der Waals surface area contributed by atoms with Crippen LogP contribution >= 0.6 is 11.6 Å². The molecule has 1 amide bonds. The van der Waals surface area contributed by atoms with Crippen molar-refractivity contribution in [3.63, 3.8) is 0 Å². The molecule has 124 valence electrons. The van der Waals surface area contributed by atoms with Gasteiger partial charge in [-0.3, -0.25) is 9.89 Å². The summed E-state index contributed by atoms with van der Waals surface area (Å²) < 4.78 is 10.8. The van der Waals surface area contributed by atoms with Crippen LogP contribution in [0, 0.1) is 6.92 Å². The van der Waals surface area contributed by atoms with Gasteiger partial charge < -0.3 is 14.5 Å². The third kappa shape index (κ3) is 3.44. The van der Waals surface area contributed by atoms with Gasteiger partial charge in [0.25, 0.3) is 5.91 Å². The third-order valence-electron chi connectivity index (χ3n) is 3.50. The van der Waals surface area contributed by atoms with E-state index in [4.69, 9.17) is 20.8 Å². The minimum atomic E-state index is -0.303. The molecule has 0 saturated carbocycles. The van der Waals surface area contributed by atoms with Crippen LogP contribution < -0.4 is 10.1 Å². The van der Waals surface area contributed by atoms with E-state index in [0.717, 1.165) is 11.3 Å². The zero-order valence-corrected chi connectivity index (χ0v) is 14.0. The first kappa shape index (κ1) is 16.1. The minimum absolute atomic E-state index is 0.278. The maximum Gasteiger partial charge on any atom is 0.272 e. The van der Waals surface area contributed by atoms with Gasteiger partial charge in [-0.05, 0) is 37.3 Å². The first-order valence-corrected chi connectivity index (χ1v) is 7.67. The fourth-order valence-electron chi connectivity index (χ4n) is 2.29. The van der Waals surface area contributed by atoms with Crippen LogP contribution in [0.1, 0.15) is 21.8 Å². The van der Waals surface area contributed by atoms with Crippen LogP contribution in [0.4, 0.5) is 0 Å². The number of benzene rings is 1. The Bertz CT molecular complexity index is 870. The predicted octanol–water partition coefficient (Wildman–Crippen LogP) is 3.57. The van der Waals surface area contributed by atoms with Gasteiger partial charge in [-0.1, -0.05) is 11.6 Å². The number of aromatic amines is 1. The molecule has 3 rings (SSSR count). The van der Waals surface area contributed by atoms with Gasteiger partial charge in [0.15, 0.2) is 11.5 Å². The van der Waals surface area contributed by atoms with E-state index in [-0.39, 0.29) is 18.1 Å². The Kier molecular flexibility index (Phi) is 4.57. The Hall–Kier alpha value is -2.73. The van der Waals surface area contributed by atoms with Crippen molar-refractivity contribution in [2.75, 3.05) is 7.11 Å². The molecule has 1 aromatic carbocycles. The summed E-state index contributed by atoms with van der Waals surface area (Å²) in [5.74, 6) is 1.78. The van der Waals surface area contributed by atoms with Gasteiger partial charge in [0.05, 0.1) is 7.11 Å². The van der Waals surface area contributed by atoms with Crippen molar-refractivity contribution in [1.82, 2.24) is 15.5 Å². The van der Waals surface area contributed by atoms with E-state index in [1.165, 1.54) is 0 Å². The van der Waals surface area contributed by atoms with Crippen LogP contribution in [0.5, 0.6) is 5.75 Å². The number of hydrogen-bond donors (Lipinski definition) is 2. The highest BCUT2D eigenvalue weighted by molar-refractivity contribution is 6.30.